The van der Waals surface area contributed by atoms with Crippen LogP contribution in [0.5, 0.6) is 0 Å². The van der Waals surface area contributed by atoms with E-state index < -0.39 is 5.91 Å². The van der Waals surface area contributed by atoms with Gasteiger partial charge in [-0.25, -0.2) is 0 Å². The highest BCUT2D eigenvalue weighted by Crippen LogP contribution is 2.24. The minimum atomic E-state index is -0.451. The van der Waals surface area contributed by atoms with Crippen LogP contribution in [0, 0.1) is 0 Å². The predicted molar refractivity (Wildman–Crippen MR) is 94.4 cm³/mol. The summed E-state index contributed by atoms with van der Waals surface area (Å²) in [7, 11) is 0. The molecule has 1 aromatic heterocycles. The molecule has 0 aliphatic heterocycles. The summed E-state index contributed by atoms with van der Waals surface area (Å²) in [6, 6.07) is 21.5. The maximum absolute atomic E-state index is 12.4. The van der Waals surface area contributed by atoms with Crippen LogP contribution in [0.1, 0.15) is 10.6 Å². The van der Waals surface area contributed by atoms with Gasteiger partial charge in [0.15, 0.2) is 11.2 Å². The van der Waals surface area contributed by atoms with Crippen LogP contribution in [-0.2, 0) is 0 Å². The molecule has 1 heterocycles. The van der Waals surface area contributed by atoms with Gasteiger partial charge in [-0.15, -0.1) is 0 Å². The molecule has 4 heteroatoms. The van der Waals surface area contributed by atoms with Gasteiger partial charge in [0.05, 0.1) is 5.39 Å². The highest BCUT2D eigenvalue weighted by Gasteiger charge is 2.14. The van der Waals surface area contributed by atoms with Crippen LogP contribution in [0.2, 0.25) is 0 Å². The Labute approximate surface area is 137 Å². The van der Waals surface area contributed by atoms with E-state index in [-0.39, 0.29) is 11.2 Å². The second-order valence-corrected chi connectivity index (χ2v) is 5.46. The van der Waals surface area contributed by atoms with Crippen molar-refractivity contribution in [3.63, 3.8) is 0 Å². The number of para-hydroxylation sites is 1. The Bertz CT molecular complexity index is 1110. The van der Waals surface area contributed by atoms with Gasteiger partial charge in [0.1, 0.15) is 5.58 Å². The van der Waals surface area contributed by atoms with Crippen LogP contribution in [0.3, 0.4) is 0 Å². The number of carbonyl (C=O) groups is 1. The summed E-state index contributed by atoms with van der Waals surface area (Å²) < 4.78 is 5.78. The molecule has 24 heavy (non-hydrogen) atoms. The van der Waals surface area contributed by atoms with Crippen molar-refractivity contribution >= 4 is 33.3 Å². The number of amides is 1. The predicted octanol–water partition coefficient (Wildman–Crippen LogP) is 4.20. The third-order valence-electron chi connectivity index (χ3n) is 3.87. The average molecular weight is 315 g/mol. The monoisotopic (exact) mass is 315 g/mol. The Kier molecular flexibility index (Phi) is 3.35. The van der Waals surface area contributed by atoms with Gasteiger partial charge in [-0.3, -0.25) is 9.59 Å². The van der Waals surface area contributed by atoms with Gasteiger partial charge in [0.2, 0.25) is 0 Å². The molecule has 0 saturated heterocycles. The molecule has 3 aromatic carbocycles. The Hall–Kier alpha value is -3.40. The molecule has 0 saturated carbocycles. The highest BCUT2D eigenvalue weighted by molar-refractivity contribution is 6.07. The number of carbonyl (C=O) groups excluding carboxylic acids is 1. The lowest BCUT2D eigenvalue weighted by molar-refractivity contribution is 0.0997. The lowest BCUT2D eigenvalue weighted by Crippen LogP contribution is -2.14. The third kappa shape index (κ3) is 2.44. The molecule has 116 valence electrons. The van der Waals surface area contributed by atoms with Crippen molar-refractivity contribution in [1.29, 1.82) is 0 Å². The van der Waals surface area contributed by atoms with E-state index >= 15 is 0 Å². The van der Waals surface area contributed by atoms with E-state index in [1.165, 1.54) is 6.07 Å². The number of nitrogens with one attached hydrogen (secondary N) is 1. The molecule has 1 amide bonds. The molecule has 4 aromatic rings. The Balaban J connectivity index is 1.86. The number of hydrogen-bond acceptors (Lipinski definition) is 3. The van der Waals surface area contributed by atoms with Crippen LogP contribution in [0.15, 0.2) is 82.0 Å². The molecular formula is C20H13NO3. The van der Waals surface area contributed by atoms with E-state index in [0.29, 0.717) is 16.7 Å². The highest BCUT2D eigenvalue weighted by atomic mass is 16.3. The molecule has 0 radical (unpaired) electrons. The van der Waals surface area contributed by atoms with Gasteiger partial charge in [-0.05, 0) is 23.6 Å². The van der Waals surface area contributed by atoms with E-state index in [1.807, 2.05) is 48.5 Å². The van der Waals surface area contributed by atoms with E-state index in [2.05, 4.69) is 5.32 Å². The van der Waals surface area contributed by atoms with Crippen LogP contribution in [0.25, 0.3) is 21.7 Å². The van der Waals surface area contributed by atoms with Gasteiger partial charge in [-0.2, -0.15) is 0 Å². The summed E-state index contributed by atoms with van der Waals surface area (Å²) in [4.78, 5) is 24.8. The van der Waals surface area contributed by atoms with Crippen molar-refractivity contribution in [3.05, 3.63) is 88.8 Å². The molecule has 4 nitrogen and oxygen atoms in total. The molecule has 0 spiro atoms. The molecule has 0 unspecified atom stereocenters. The van der Waals surface area contributed by atoms with Crippen molar-refractivity contribution in [2.75, 3.05) is 5.32 Å². The van der Waals surface area contributed by atoms with E-state index in [1.54, 1.807) is 18.2 Å². The average Bonchev–Trinajstić information content (AvgIpc) is 2.62. The number of anilines is 1. The zero-order valence-corrected chi connectivity index (χ0v) is 12.7. The minimum Gasteiger partial charge on any atom is -0.450 e. The molecule has 1 N–H and O–H groups in total. The van der Waals surface area contributed by atoms with Crippen LogP contribution >= 0.6 is 0 Å². The standard InChI is InChI=1S/C20H13NO3/c22-17-12-18(20(23)21-14-7-2-1-3-8-14)24-19-15-9-5-4-6-13(15)10-11-16(17)19/h1-12H,(H,21,23). The van der Waals surface area contributed by atoms with E-state index in [9.17, 15) is 9.59 Å². The number of hydrogen-bond donors (Lipinski definition) is 1. The first-order valence-electron chi connectivity index (χ1n) is 7.54. The number of fused-ring (bicyclic) bond motifs is 3. The van der Waals surface area contributed by atoms with Crippen LogP contribution in [-0.4, -0.2) is 5.91 Å². The number of benzene rings is 3. The van der Waals surface area contributed by atoms with Gasteiger partial charge in [0, 0.05) is 17.1 Å². The summed E-state index contributed by atoms with van der Waals surface area (Å²) in [6.45, 7) is 0. The Morgan fingerprint density at radius 2 is 1.58 bits per heavy atom. The summed E-state index contributed by atoms with van der Waals surface area (Å²) in [5.74, 6) is -0.458. The van der Waals surface area contributed by atoms with Crippen molar-refractivity contribution < 1.29 is 9.21 Å². The third-order valence-corrected chi connectivity index (χ3v) is 3.87. The molecule has 0 bridgehead atoms. The minimum absolute atomic E-state index is 0.00675. The Morgan fingerprint density at radius 3 is 2.42 bits per heavy atom. The topological polar surface area (TPSA) is 59.3 Å². The molecule has 0 aliphatic rings. The normalized spacial score (nSPS) is 10.8. The van der Waals surface area contributed by atoms with Crippen LogP contribution in [0.4, 0.5) is 5.69 Å². The fourth-order valence-electron chi connectivity index (χ4n) is 2.71. The summed E-state index contributed by atoms with van der Waals surface area (Å²) in [6.07, 6.45) is 0. The quantitative estimate of drug-likeness (QED) is 0.564. The molecule has 4 rings (SSSR count). The fourth-order valence-corrected chi connectivity index (χ4v) is 2.71. The zero-order chi connectivity index (χ0) is 16.5. The first kappa shape index (κ1) is 14.2. The second-order valence-electron chi connectivity index (χ2n) is 5.46. The first-order valence-corrected chi connectivity index (χ1v) is 7.54. The number of rotatable bonds is 2. The van der Waals surface area contributed by atoms with Gasteiger partial charge in [0.25, 0.3) is 5.91 Å². The van der Waals surface area contributed by atoms with Gasteiger partial charge >= 0.3 is 0 Å². The Morgan fingerprint density at radius 1 is 0.833 bits per heavy atom. The lowest BCUT2D eigenvalue weighted by atomic mass is 10.1. The summed E-state index contributed by atoms with van der Waals surface area (Å²) >= 11 is 0. The van der Waals surface area contributed by atoms with Crippen molar-refractivity contribution in [1.82, 2.24) is 0 Å². The summed E-state index contributed by atoms with van der Waals surface area (Å²) in [5.41, 5.74) is 0.835. The molecular weight excluding hydrogens is 302 g/mol. The smallest absolute Gasteiger partial charge is 0.291 e. The lowest BCUT2D eigenvalue weighted by Gasteiger charge is -2.07. The van der Waals surface area contributed by atoms with Gasteiger partial charge in [-0.1, -0.05) is 48.5 Å². The zero-order valence-electron chi connectivity index (χ0n) is 12.7. The summed E-state index contributed by atoms with van der Waals surface area (Å²) in [5, 5.41) is 4.95. The first-order chi connectivity index (χ1) is 11.7. The SMILES string of the molecule is O=C(Nc1ccccc1)c1cc(=O)c2ccc3ccccc3c2o1. The maximum Gasteiger partial charge on any atom is 0.291 e. The van der Waals surface area contributed by atoms with Gasteiger partial charge < -0.3 is 9.73 Å². The largest absolute Gasteiger partial charge is 0.450 e. The molecule has 0 fully saturated rings. The fraction of sp³-hybridized carbons (Fsp3) is 0. The van der Waals surface area contributed by atoms with Crippen LogP contribution < -0.4 is 10.7 Å². The van der Waals surface area contributed by atoms with Crippen molar-refractivity contribution in [3.8, 4) is 0 Å². The van der Waals surface area contributed by atoms with E-state index in [0.717, 1.165) is 10.8 Å². The van der Waals surface area contributed by atoms with E-state index in [4.69, 9.17) is 4.42 Å². The van der Waals surface area contributed by atoms with Crippen molar-refractivity contribution in [2.24, 2.45) is 0 Å². The van der Waals surface area contributed by atoms with Crippen molar-refractivity contribution in [2.45, 2.75) is 0 Å². The second kappa shape index (κ2) is 5.66. The molecule has 0 atom stereocenters. The molecule has 0 aliphatic carbocycles. The maximum atomic E-state index is 12.4.